The Bertz CT molecular complexity index is 561. The molecule has 17 heavy (non-hydrogen) atoms. The number of carbonyl (C=O) groups excluding carboxylic acids is 1. The first-order chi connectivity index (χ1) is 8.09. The van der Waals surface area contributed by atoms with Gasteiger partial charge in [-0.25, -0.2) is 0 Å². The Morgan fingerprint density at radius 2 is 1.59 bits per heavy atom. The third kappa shape index (κ3) is 2.06. The standard InChI is InChI=1S/C13H10O4/c14-9-6-10(13(17)11(15)7-9)12(16)8-4-2-1-3-5-8/h1-7,14-15,17H. The average Bonchev–Trinajstić information content (AvgIpc) is 2.34. The van der Waals surface area contributed by atoms with Crippen LogP contribution < -0.4 is 0 Å². The lowest BCUT2D eigenvalue weighted by atomic mass is 10.0. The topological polar surface area (TPSA) is 77.8 Å². The zero-order valence-electron chi connectivity index (χ0n) is 8.79. The third-order valence-electron chi connectivity index (χ3n) is 2.36. The number of aromatic hydroxyl groups is 3. The molecule has 0 heterocycles. The quantitative estimate of drug-likeness (QED) is 0.419. The second-order valence-corrected chi connectivity index (χ2v) is 3.56. The molecular weight excluding hydrogens is 220 g/mol. The van der Waals surface area contributed by atoms with Crippen LogP contribution in [0.25, 0.3) is 0 Å². The molecule has 0 amide bonds. The SMILES string of the molecule is O=C(c1ccccc1)c1cc(O)cc(O)c1O. The summed E-state index contributed by atoms with van der Waals surface area (Å²) in [5.41, 5.74) is 0.238. The van der Waals surface area contributed by atoms with Crippen LogP contribution in [0.1, 0.15) is 15.9 Å². The van der Waals surface area contributed by atoms with E-state index in [-0.39, 0.29) is 11.3 Å². The van der Waals surface area contributed by atoms with E-state index in [9.17, 15) is 20.1 Å². The van der Waals surface area contributed by atoms with Crippen molar-refractivity contribution in [2.24, 2.45) is 0 Å². The third-order valence-corrected chi connectivity index (χ3v) is 2.36. The Labute approximate surface area is 97.4 Å². The molecule has 4 heteroatoms. The lowest BCUT2D eigenvalue weighted by Crippen LogP contribution is -2.01. The molecule has 0 fully saturated rings. The average molecular weight is 230 g/mol. The first kappa shape index (κ1) is 11.0. The number of phenols is 3. The minimum Gasteiger partial charge on any atom is -0.508 e. The van der Waals surface area contributed by atoms with Crippen molar-refractivity contribution in [1.82, 2.24) is 0 Å². The van der Waals surface area contributed by atoms with E-state index in [4.69, 9.17) is 0 Å². The van der Waals surface area contributed by atoms with Gasteiger partial charge in [-0.15, -0.1) is 0 Å². The Morgan fingerprint density at radius 3 is 2.24 bits per heavy atom. The van der Waals surface area contributed by atoms with E-state index in [0.717, 1.165) is 12.1 Å². The fourth-order valence-electron chi connectivity index (χ4n) is 1.52. The highest BCUT2D eigenvalue weighted by atomic mass is 16.3. The molecule has 4 nitrogen and oxygen atoms in total. The second-order valence-electron chi connectivity index (χ2n) is 3.56. The molecule has 0 saturated heterocycles. The Morgan fingerprint density at radius 1 is 0.941 bits per heavy atom. The smallest absolute Gasteiger partial charge is 0.197 e. The molecule has 0 aliphatic carbocycles. The van der Waals surface area contributed by atoms with Gasteiger partial charge in [-0.1, -0.05) is 30.3 Å². The van der Waals surface area contributed by atoms with Crippen molar-refractivity contribution < 1.29 is 20.1 Å². The highest BCUT2D eigenvalue weighted by molar-refractivity contribution is 6.11. The van der Waals surface area contributed by atoms with Crippen molar-refractivity contribution in [1.29, 1.82) is 0 Å². The maximum atomic E-state index is 12.0. The number of hydrogen-bond donors (Lipinski definition) is 3. The predicted octanol–water partition coefficient (Wildman–Crippen LogP) is 2.03. The molecule has 0 aromatic heterocycles. The summed E-state index contributed by atoms with van der Waals surface area (Å²) < 4.78 is 0. The summed E-state index contributed by atoms with van der Waals surface area (Å²) in [4.78, 5) is 12.0. The van der Waals surface area contributed by atoms with Crippen LogP contribution in [0, 0.1) is 0 Å². The van der Waals surface area contributed by atoms with E-state index in [1.807, 2.05) is 0 Å². The summed E-state index contributed by atoms with van der Waals surface area (Å²) >= 11 is 0. The van der Waals surface area contributed by atoms with Gasteiger partial charge in [0.1, 0.15) is 5.75 Å². The van der Waals surface area contributed by atoms with Gasteiger partial charge in [0.05, 0.1) is 5.56 Å². The second kappa shape index (κ2) is 4.17. The highest BCUT2D eigenvalue weighted by Gasteiger charge is 2.17. The van der Waals surface area contributed by atoms with Crippen LogP contribution in [0.4, 0.5) is 0 Å². The van der Waals surface area contributed by atoms with Crippen molar-refractivity contribution in [3.05, 3.63) is 53.6 Å². The first-order valence-electron chi connectivity index (χ1n) is 4.94. The summed E-state index contributed by atoms with van der Waals surface area (Å²) in [6, 6.07) is 10.4. The molecule has 0 radical (unpaired) electrons. The van der Waals surface area contributed by atoms with E-state index < -0.39 is 17.3 Å². The van der Waals surface area contributed by atoms with Crippen LogP contribution in [-0.4, -0.2) is 21.1 Å². The van der Waals surface area contributed by atoms with E-state index in [0.29, 0.717) is 5.56 Å². The number of phenolic OH excluding ortho intramolecular Hbond substituents is 3. The van der Waals surface area contributed by atoms with Crippen molar-refractivity contribution in [3.63, 3.8) is 0 Å². The predicted molar refractivity (Wildman–Crippen MR) is 61.3 cm³/mol. The number of rotatable bonds is 2. The molecule has 2 rings (SSSR count). The van der Waals surface area contributed by atoms with E-state index in [1.165, 1.54) is 0 Å². The van der Waals surface area contributed by atoms with Gasteiger partial charge >= 0.3 is 0 Å². The van der Waals surface area contributed by atoms with Gasteiger partial charge in [0.15, 0.2) is 17.3 Å². The Balaban J connectivity index is 2.52. The van der Waals surface area contributed by atoms with Crippen LogP contribution in [0.15, 0.2) is 42.5 Å². The lowest BCUT2D eigenvalue weighted by molar-refractivity contribution is 0.103. The molecule has 0 spiro atoms. The minimum atomic E-state index is -0.531. The Hall–Kier alpha value is -2.49. The van der Waals surface area contributed by atoms with Gasteiger partial charge in [0.2, 0.25) is 0 Å². The van der Waals surface area contributed by atoms with E-state index >= 15 is 0 Å². The number of benzene rings is 2. The highest BCUT2D eigenvalue weighted by Crippen LogP contribution is 2.34. The zero-order chi connectivity index (χ0) is 12.4. The molecule has 2 aromatic carbocycles. The molecule has 0 unspecified atom stereocenters. The monoisotopic (exact) mass is 230 g/mol. The molecule has 0 saturated carbocycles. The number of hydrogen-bond acceptors (Lipinski definition) is 4. The van der Waals surface area contributed by atoms with Crippen LogP contribution in [-0.2, 0) is 0 Å². The van der Waals surface area contributed by atoms with E-state index in [2.05, 4.69) is 0 Å². The van der Waals surface area contributed by atoms with Crippen LogP contribution in [0.3, 0.4) is 0 Å². The summed E-state index contributed by atoms with van der Waals surface area (Å²) in [6.07, 6.45) is 0. The van der Waals surface area contributed by atoms with Crippen molar-refractivity contribution >= 4 is 5.78 Å². The molecule has 3 N–H and O–H groups in total. The van der Waals surface area contributed by atoms with Crippen LogP contribution in [0.5, 0.6) is 17.2 Å². The zero-order valence-corrected chi connectivity index (χ0v) is 8.79. The number of ketones is 1. The molecule has 0 atom stereocenters. The van der Waals surface area contributed by atoms with Crippen molar-refractivity contribution in [2.45, 2.75) is 0 Å². The van der Waals surface area contributed by atoms with Gasteiger partial charge in [-0.05, 0) is 6.07 Å². The summed E-state index contributed by atoms with van der Waals surface area (Å²) in [7, 11) is 0. The van der Waals surface area contributed by atoms with Crippen LogP contribution >= 0.6 is 0 Å². The first-order valence-corrected chi connectivity index (χ1v) is 4.94. The Kier molecular flexibility index (Phi) is 2.70. The fourth-order valence-corrected chi connectivity index (χ4v) is 1.52. The summed E-state index contributed by atoms with van der Waals surface area (Å²) in [5.74, 6) is -1.80. The molecule has 2 aromatic rings. The molecule has 0 aliphatic heterocycles. The number of carbonyl (C=O) groups is 1. The largest absolute Gasteiger partial charge is 0.508 e. The van der Waals surface area contributed by atoms with Crippen LogP contribution in [0.2, 0.25) is 0 Å². The summed E-state index contributed by atoms with van der Waals surface area (Å²) in [5, 5.41) is 28.2. The molecule has 0 aliphatic rings. The van der Waals surface area contributed by atoms with Gasteiger partial charge in [0, 0.05) is 11.6 Å². The normalized spacial score (nSPS) is 10.1. The minimum absolute atomic E-state index is 0.131. The van der Waals surface area contributed by atoms with Crippen molar-refractivity contribution in [2.75, 3.05) is 0 Å². The van der Waals surface area contributed by atoms with E-state index in [1.54, 1.807) is 30.3 Å². The van der Waals surface area contributed by atoms with Gasteiger partial charge in [-0.2, -0.15) is 0 Å². The lowest BCUT2D eigenvalue weighted by Gasteiger charge is -2.06. The molecule has 86 valence electrons. The molecule has 0 bridgehead atoms. The maximum absolute atomic E-state index is 12.0. The van der Waals surface area contributed by atoms with Gasteiger partial charge in [0.25, 0.3) is 0 Å². The van der Waals surface area contributed by atoms with Crippen molar-refractivity contribution in [3.8, 4) is 17.2 Å². The van der Waals surface area contributed by atoms with Gasteiger partial charge in [-0.3, -0.25) is 4.79 Å². The molecular formula is C13H10O4. The maximum Gasteiger partial charge on any atom is 0.197 e. The fraction of sp³-hybridized carbons (Fsp3) is 0. The van der Waals surface area contributed by atoms with Gasteiger partial charge < -0.3 is 15.3 Å². The summed E-state index contributed by atoms with van der Waals surface area (Å²) in [6.45, 7) is 0.